The van der Waals surface area contributed by atoms with E-state index < -0.39 is 0 Å². The minimum Gasteiger partial charge on any atom is -0.494 e. The van der Waals surface area contributed by atoms with Gasteiger partial charge in [-0.3, -0.25) is 4.79 Å². The van der Waals surface area contributed by atoms with Crippen LogP contribution < -0.4 is 10.1 Å². The van der Waals surface area contributed by atoms with Crippen molar-refractivity contribution < 1.29 is 9.53 Å². The molecule has 2 N–H and O–H groups in total. The Hall–Kier alpha value is -3.39. The third-order valence-corrected chi connectivity index (χ3v) is 6.38. The molecule has 0 unspecified atom stereocenters. The van der Waals surface area contributed by atoms with E-state index in [-0.39, 0.29) is 5.91 Å². The third-order valence-electron chi connectivity index (χ3n) is 5.35. The van der Waals surface area contributed by atoms with Crippen LogP contribution >= 0.6 is 11.3 Å². The highest BCUT2D eigenvalue weighted by Gasteiger charge is 2.27. The van der Waals surface area contributed by atoms with Crippen molar-refractivity contribution in [2.75, 3.05) is 11.9 Å². The van der Waals surface area contributed by atoms with E-state index in [0.717, 1.165) is 59.2 Å². The number of aromatic amines is 1. The Bertz CT molecular complexity index is 1190. The lowest BCUT2D eigenvalue weighted by Crippen LogP contribution is -2.13. The van der Waals surface area contributed by atoms with Gasteiger partial charge in [-0.2, -0.15) is 0 Å². The highest BCUT2D eigenvalue weighted by atomic mass is 32.1. The normalized spacial score (nSPS) is 12.3. The van der Waals surface area contributed by atoms with E-state index >= 15 is 0 Å². The quantitative estimate of drug-likeness (QED) is 0.421. The fourth-order valence-electron chi connectivity index (χ4n) is 3.87. The lowest BCUT2D eigenvalue weighted by Gasteiger charge is -2.13. The summed E-state index contributed by atoms with van der Waals surface area (Å²) < 4.78 is 7.82. The average Bonchev–Trinajstić information content (AvgIpc) is 3.50. The number of aromatic nitrogens is 4. The van der Waals surface area contributed by atoms with Crippen LogP contribution in [-0.2, 0) is 19.4 Å². The zero-order valence-electron chi connectivity index (χ0n) is 17.2. The van der Waals surface area contributed by atoms with Gasteiger partial charge in [-0.25, -0.2) is 9.97 Å². The molecule has 0 radical (unpaired) electrons. The van der Waals surface area contributed by atoms with Gasteiger partial charge in [0.15, 0.2) is 0 Å². The molecule has 7 nitrogen and oxygen atoms in total. The van der Waals surface area contributed by atoms with Crippen LogP contribution in [0.5, 0.6) is 5.75 Å². The summed E-state index contributed by atoms with van der Waals surface area (Å²) >= 11 is 1.72. The van der Waals surface area contributed by atoms with Gasteiger partial charge in [0.05, 0.1) is 29.2 Å². The van der Waals surface area contributed by atoms with E-state index in [2.05, 4.69) is 20.3 Å². The topological polar surface area (TPSA) is 84.8 Å². The predicted octanol–water partition coefficient (Wildman–Crippen LogP) is 4.46. The van der Waals surface area contributed by atoms with Crippen molar-refractivity contribution in [3.8, 4) is 17.0 Å². The number of aryl methyl sites for hydroxylation is 4. The zero-order chi connectivity index (χ0) is 21.2. The molecule has 1 amide bonds. The monoisotopic (exact) mass is 433 g/mol. The van der Waals surface area contributed by atoms with Crippen molar-refractivity contribution in [3.05, 3.63) is 70.3 Å². The Morgan fingerprint density at radius 3 is 2.97 bits per heavy atom. The minimum atomic E-state index is -0.134. The van der Waals surface area contributed by atoms with E-state index in [1.807, 2.05) is 42.0 Å². The third kappa shape index (κ3) is 4.11. The number of carbonyl (C=O) groups is 1. The molecular formula is C23H23N5O2S. The SMILES string of the molecule is Cc1nc2c(s1)CCc1[nH]cc(C(=O)Nc3ccc(OCCCn4ccnc4)cc3)c1-2. The van der Waals surface area contributed by atoms with Gasteiger partial charge >= 0.3 is 0 Å². The van der Waals surface area contributed by atoms with Crippen LogP contribution in [0.3, 0.4) is 0 Å². The molecule has 0 saturated carbocycles. The Balaban J connectivity index is 1.21. The van der Waals surface area contributed by atoms with E-state index in [1.54, 1.807) is 30.1 Å². The van der Waals surface area contributed by atoms with Crippen LogP contribution in [0.25, 0.3) is 11.3 Å². The number of amides is 1. The molecule has 31 heavy (non-hydrogen) atoms. The van der Waals surface area contributed by atoms with Gasteiger partial charge in [-0.15, -0.1) is 11.3 Å². The van der Waals surface area contributed by atoms with Gasteiger partial charge in [-0.05, 0) is 50.5 Å². The number of thiazole rings is 1. The molecule has 0 spiro atoms. The molecule has 0 fully saturated rings. The van der Waals surface area contributed by atoms with Gasteiger partial charge < -0.3 is 19.6 Å². The van der Waals surface area contributed by atoms with E-state index in [9.17, 15) is 4.79 Å². The summed E-state index contributed by atoms with van der Waals surface area (Å²) in [7, 11) is 0. The van der Waals surface area contributed by atoms with Gasteiger partial charge in [0.1, 0.15) is 5.75 Å². The Kier molecular flexibility index (Phi) is 5.30. The number of hydrogen-bond donors (Lipinski definition) is 2. The molecule has 5 rings (SSSR count). The summed E-state index contributed by atoms with van der Waals surface area (Å²) in [5.74, 6) is 0.648. The summed E-state index contributed by atoms with van der Waals surface area (Å²) in [6.45, 7) is 3.50. The van der Waals surface area contributed by atoms with Gasteiger partial charge in [0, 0.05) is 47.0 Å². The molecule has 0 saturated heterocycles. The Morgan fingerprint density at radius 2 is 2.16 bits per heavy atom. The summed E-state index contributed by atoms with van der Waals surface area (Å²) in [6.07, 6.45) is 10.1. The summed E-state index contributed by atoms with van der Waals surface area (Å²) in [4.78, 5) is 26.2. The average molecular weight is 434 g/mol. The number of fused-ring (bicyclic) bond motifs is 3. The maximum Gasteiger partial charge on any atom is 0.257 e. The van der Waals surface area contributed by atoms with Crippen LogP contribution in [0.1, 0.15) is 32.4 Å². The van der Waals surface area contributed by atoms with Crippen molar-refractivity contribution in [1.29, 1.82) is 0 Å². The number of nitrogens with zero attached hydrogens (tertiary/aromatic N) is 3. The largest absolute Gasteiger partial charge is 0.494 e. The number of hydrogen-bond acceptors (Lipinski definition) is 5. The van der Waals surface area contributed by atoms with Crippen LogP contribution in [0.4, 0.5) is 5.69 Å². The molecule has 1 aliphatic carbocycles. The first-order valence-corrected chi connectivity index (χ1v) is 11.2. The number of carbonyl (C=O) groups excluding carboxylic acids is 1. The first-order valence-electron chi connectivity index (χ1n) is 10.3. The number of nitrogens with one attached hydrogen (secondary N) is 2. The highest BCUT2D eigenvalue weighted by molar-refractivity contribution is 7.12. The number of benzene rings is 1. The standard InChI is InChI=1S/C23H23N5O2S/c1-15-26-22-20(31-15)8-7-19-21(22)18(13-25-19)23(29)27-16-3-5-17(6-4-16)30-12-2-10-28-11-9-24-14-28/h3-6,9,11,13-14,25H,2,7-8,10,12H2,1H3,(H,27,29). The molecule has 1 aliphatic rings. The number of rotatable bonds is 7. The fourth-order valence-corrected chi connectivity index (χ4v) is 4.82. The minimum absolute atomic E-state index is 0.134. The summed E-state index contributed by atoms with van der Waals surface area (Å²) in [5, 5.41) is 4.03. The van der Waals surface area contributed by atoms with Crippen molar-refractivity contribution in [2.45, 2.75) is 32.7 Å². The fraction of sp³-hybridized carbons (Fsp3) is 0.261. The van der Waals surface area contributed by atoms with Gasteiger partial charge in [0.25, 0.3) is 5.91 Å². The number of imidazole rings is 1. The second-order valence-electron chi connectivity index (χ2n) is 7.54. The predicted molar refractivity (Wildman–Crippen MR) is 121 cm³/mol. The van der Waals surface area contributed by atoms with Crippen LogP contribution in [-0.4, -0.2) is 32.0 Å². The molecule has 3 aromatic heterocycles. The zero-order valence-corrected chi connectivity index (χ0v) is 18.0. The molecule has 1 aromatic carbocycles. The van der Waals surface area contributed by atoms with Crippen molar-refractivity contribution in [3.63, 3.8) is 0 Å². The molecule has 4 aromatic rings. The molecule has 0 atom stereocenters. The lowest BCUT2D eigenvalue weighted by atomic mass is 9.96. The molecule has 0 bridgehead atoms. The van der Waals surface area contributed by atoms with Crippen LogP contribution in [0.2, 0.25) is 0 Å². The van der Waals surface area contributed by atoms with Crippen molar-refractivity contribution in [1.82, 2.24) is 19.5 Å². The molecule has 8 heteroatoms. The second-order valence-corrected chi connectivity index (χ2v) is 8.83. The second kappa shape index (κ2) is 8.39. The summed E-state index contributed by atoms with van der Waals surface area (Å²) in [6, 6.07) is 7.48. The number of H-pyrrole nitrogens is 1. The number of anilines is 1. The Labute approximate surface area is 184 Å². The van der Waals surface area contributed by atoms with Crippen LogP contribution in [0.15, 0.2) is 49.2 Å². The van der Waals surface area contributed by atoms with E-state index in [0.29, 0.717) is 12.2 Å². The Morgan fingerprint density at radius 1 is 1.29 bits per heavy atom. The maximum atomic E-state index is 13.0. The van der Waals surface area contributed by atoms with E-state index in [1.165, 1.54) is 4.88 Å². The summed E-state index contributed by atoms with van der Waals surface area (Å²) in [5.41, 5.74) is 4.36. The molecule has 158 valence electrons. The number of ether oxygens (including phenoxy) is 1. The van der Waals surface area contributed by atoms with Crippen molar-refractivity contribution >= 4 is 22.9 Å². The first kappa shape index (κ1) is 19.6. The van der Waals surface area contributed by atoms with E-state index in [4.69, 9.17) is 4.74 Å². The molecule has 3 heterocycles. The molecule has 0 aliphatic heterocycles. The maximum absolute atomic E-state index is 13.0. The van der Waals surface area contributed by atoms with Crippen LogP contribution in [0, 0.1) is 6.92 Å². The lowest BCUT2D eigenvalue weighted by molar-refractivity contribution is 0.102. The van der Waals surface area contributed by atoms with Crippen molar-refractivity contribution in [2.24, 2.45) is 0 Å². The van der Waals surface area contributed by atoms with Gasteiger partial charge in [-0.1, -0.05) is 0 Å². The van der Waals surface area contributed by atoms with Gasteiger partial charge in [0.2, 0.25) is 0 Å². The molecular weight excluding hydrogens is 410 g/mol. The smallest absolute Gasteiger partial charge is 0.257 e. The highest BCUT2D eigenvalue weighted by Crippen LogP contribution is 2.38. The first-order chi connectivity index (χ1) is 15.2.